The number of aromatic nitrogens is 4. The van der Waals surface area contributed by atoms with Crippen molar-refractivity contribution >= 4 is 53.2 Å². The molecule has 0 saturated carbocycles. The molecule has 0 unspecified atom stereocenters. The molecule has 0 aliphatic carbocycles. The third-order valence-corrected chi connectivity index (χ3v) is 10.7. The lowest BCUT2D eigenvalue weighted by atomic mass is 9.95. The molecule has 10 rings (SSSR count). The summed E-state index contributed by atoms with van der Waals surface area (Å²) in [6.45, 7) is 0. The van der Waals surface area contributed by atoms with Crippen molar-refractivity contribution in [2.24, 2.45) is 0 Å². The Kier molecular flexibility index (Phi) is 6.96. The summed E-state index contributed by atoms with van der Waals surface area (Å²) >= 11 is 1.84. The minimum Gasteiger partial charge on any atom is -0.246 e. The number of rotatable bonds is 5. The molecule has 4 nitrogen and oxygen atoms in total. The fraction of sp³-hybridized carbons (Fsp3) is 0. The lowest BCUT2D eigenvalue weighted by Crippen LogP contribution is -2.00. The van der Waals surface area contributed by atoms with Crippen molar-refractivity contribution in [3.05, 3.63) is 170 Å². The van der Waals surface area contributed by atoms with Crippen molar-refractivity contribution in [3.8, 4) is 56.5 Å². The minimum absolute atomic E-state index is 0.626. The molecule has 3 heterocycles. The summed E-state index contributed by atoms with van der Waals surface area (Å²) in [4.78, 5) is 20.5. The molecule has 51 heavy (non-hydrogen) atoms. The Morgan fingerprint density at radius 2 is 0.902 bits per heavy atom. The molecule has 0 atom stereocenters. The lowest BCUT2D eigenvalue weighted by molar-refractivity contribution is 1.07. The van der Waals surface area contributed by atoms with Gasteiger partial charge in [-0.05, 0) is 28.5 Å². The highest BCUT2D eigenvalue weighted by molar-refractivity contribution is 7.26. The first kappa shape index (κ1) is 29.4. The number of nitrogens with zero attached hydrogens (tertiary/aromatic N) is 4. The average molecular weight is 669 g/mol. The fourth-order valence-corrected chi connectivity index (χ4v) is 8.34. The van der Waals surface area contributed by atoms with E-state index in [4.69, 9.17) is 19.9 Å². The van der Waals surface area contributed by atoms with Gasteiger partial charge in [-0.15, -0.1) is 11.3 Å². The third kappa shape index (κ3) is 5.06. The van der Waals surface area contributed by atoms with E-state index in [2.05, 4.69) is 109 Å². The zero-order chi connectivity index (χ0) is 33.7. The predicted molar refractivity (Wildman–Crippen MR) is 213 cm³/mol. The van der Waals surface area contributed by atoms with Crippen LogP contribution in [0, 0.1) is 0 Å². The first-order valence-corrected chi connectivity index (χ1v) is 17.8. The topological polar surface area (TPSA) is 51.6 Å². The van der Waals surface area contributed by atoms with Crippen molar-refractivity contribution < 1.29 is 0 Å². The van der Waals surface area contributed by atoms with Crippen LogP contribution in [0.1, 0.15) is 0 Å². The summed E-state index contributed by atoms with van der Waals surface area (Å²) in [5, 5.41) is 5.99. The van der Waals surface area contributed by atoms with Crippen molar-refractivity contribution in [1.82, 2.24) is 19.9 Å². The molecular formula is C46H28N4S. The molecule has 7 aromatic carbocycles. The molecular weight excluding hydrogens is 641 g/mol. The van der Waals surface area contributed by atoms with Crippen molar-refractivity contribution in [3.63, 3.8) is 0 Å². The molecule has 0 bridgehead atoms. The molecule has 238 valence electrons. The summed E-state index contributed by atoms with van der Waals surface area (Å²) < 4.78 is 2.51. The normalized spacial score (nSPS) is 11.5. The van der Waals surface area contributed by atoms with Crippen LogP contribution < -0.4 is 0 Å². The number of fused-ring (bicyclic) bond motifs is 6. The van der Waals surface area contributed by atoms with Crippen molar-refractivity contribution in [2.75, 3.05) is 0 Å². The van der Waals surface area contributed by atoms with E-state index in [0.29, 0.717) is 17.5 Å². The van der Waals surface area contributed by atoms with Gasteiger partial charge in [0.05, 0.1) is 11.2 Å². The van der Waals surface area contributed by atoms with Gasteiger partial charge in [-0.1, -0.05) is 158 Å². The standard InChI is InChI=1S/C46H28N4S/c1-3-15-30(16-4-1)44-48-45(31-17-5-2-6-18-31)50-46(49-44)33-21-11-20-32(28-33)35-24-13-26-38-41(35)47-42(36-25-12-19-29-14-7-8-22-34(29)36)40-37-23-9-10-27-39(37)51-43(38)40/h1-28H. The number of thiophene rings is 1. The summed E-state index contributed by atoms with van der Waals surface area (Å²) in [5.74, 6) is 1.91. The number of hydrogen-bond acceptors (Lipinski definition) is 5. The van der Waals surface area contributed by atoms with Crippen LogP contribution in [-0.2, 0) is 0 Å². The first-order chi connectivity index (χ1) is 25.3. The lowest BCUT2D eigenvalue weighted by Gasteiger charge is -2.14. The Labute approximate surface area is 298 Å². The van der Waals surface area contributed by atoms with Gasteiger partial charge in [-0.3, -0.25) is 0 Å². The highest BCUT2D eigenvalue weighted by Crippen LogP contribution is 2.45. The molecule has 0 radical (unpaired) electrons. The molecule has 0 N–H and O–H groups in total. The maximum atomic E-state index is 5.60. The van der Waals surface area contributed by atoms with E-state index < -0.39 is 0 Å². The van der Waals surface area contributed by atoms with Crippen LogP contribution in [0.4, 0.5) is 0 Å². The van der Waals surface area contributed by atoms with Gasteiger partial charge in [0.25, 0.3) is 0 Å². The van der Waals surface area contributed by atoms with Gasteiger partial charge in [-0.25, -0.2) is 19.9 Å². The van der Waals surface area contributed by atoms with Gasteiger partial charge >= 0.3 is 0 Å². The second kappa shape index (κ2) is 12.1. The Morgan fingerprint density at radius 3 is 1.67 bits per heavy atom. The van der Waals surface area contributed by atoms with E-state index in [1.165, 1.54) is 30.9 Å². The second-order valence-electron chi connectivity index (χ2n) is 12.6. The molecule has 10 aromatic rings. The van der Waals surface area contributed by atoms with E-state index in [9.17, 15) is 0 Å². The fourth-order valence-electron chi connectivity index (χ4n) is 7.11. The SMILES string of the molecule is c1ccc(-c2nc(-c3ccccc3)nc(-c3cccc(-c4cccc5c4nc(-c4cccc6ccccc46)c4c6ccccc6sc54)c3)n2)cc1. The molecule has 0 fully saturated rings. The van der Waals surface area contributed by atoms with Crippen LogP contribution in [0.2, 0.25) is 0 Å². The summed E-state index contributed by atoms with van der Waals surface area (Å²) in [6.07, 6.45) is 0. The Hall–Kier alpha value is -6.56. The van der Waals surface area contributed by atoms with Crippen LogP contribution >= 0.6 is 11.3 Å². The zero-order valence-corrected chi connectivity index (χ0v) is 28.2. The molecule has 0 aliphatic rings. The van der Waals surface area contributed by atoms with E-state index in [1.54, 1.807) is 0 Å². The molecule has 0 saturated heterocycles. The summed E-state index contributed by atoms with van der Waals surface area (Å²) in [7, 11) is 0. The summed E-state index contributed by atoms with van der Waals surface area (Å²) in [6, 6.07) is 59.0. The largest absolute Gasteiger partial charge is 0.246 e. The number of para-hydroxylation sites is 1. The monoisotopic (exact) mass is 668 g/mol. The van der Waals surface area contributed by atoms with Crippen LogP contribution in [0.25, 0.3) is 98.4 Å². The second-order valence-corrected chi connectivity index (χ2v) is 13.7. The number of benzene rings is 7. The maximum Gasteiger partial charge on any atom is 0.164 e. The Morgan fingerprint density at radius 1 is 0.373 bits per heavy atom. The molecule has 5 heteroatoms. The number of pyridine rings is 1. The van der Waals surface area contributed by atoms with Crippen LogP contribution in [0.3, 0.4) is 0 Å². The number of hydrogen-bond donors (Lipinski definition) is 0. The minimum atomic E-state index is 0.626. The highest BCUT2D eigenvalue weighted by Gasteiger charge is 2.20. The molecule has 3 aromatic heterocycles. The van der Waals surface area contributed by atoms with Gasteiger partial charge in [-0.2, -0.15) is 0 Å². The van der Waals surface area contributed by atoms with Crippen LogP contribution in [0.15, 0.2) is 170 Å². The van der Waals surface area contributed by atoms with E-state index in [-0.39, 0.29) is 0 Å². The summed E-state index contributed by atoms with van der Waals surface area (Å²) in [5.41, 5.74) is 8.04. The van der Waals surface area contributed by atoms with Crippen LogP contribution in [0.5, 0.6) is 0 Å². The van der Waals surface area contributed by atoms with Gasteiger partial charge in [0, 0.05) is 53.4 Å². The van der Waals surface area contributed by atoms with Crippen molar-refractivity contribution in [2.45, 2.75) is 0 Å². The van der Waals surface area contributed by atoms with E-state index in [1.807, 2.05) is 72.0 Å². The van der Waals surface area contributed by atoms with E-state index in [0.717, 1.165) is 50.0 Å². The smallest absolute Gasteiger partial charge is 0.164 e. The Bertz CT molecular complexity index is 2850. The quantitative estimate of drug-likeness (QED) is 0.183. The predicted octanol–water partition coefficient (Wildman–Crippen LogP) is 12.3. The van der Waals surface area contributed by atoms with Crippen molar-refractivity contribution in [1.29, 1.82) is 0 Å². The molecule has 0 amide bonds. The molecule has 0 aliphatic heterocycles. The Balaban J connectivity index is 1.21. The maximum absolute atomic E-state index is 5.60. The van der Waals surface area contributed by atoms with Gasteiger partial charge in [0.2, 0.25) is 0 Å². The van der Waals surface area contributed by atoms with Crippen LogP contribution in [-0.4, -0.2) is 19.9 Å². The first-order valence-electron chi connectivity index (χ1n) is 17.0. The zero-order valence-electron chi connectivity index (χ0n) is 27.4. The molecule has 0 spiro atoms. The van der Waals surface area contributed by atoms with Gasteiger partial charge in [0.15, 0.2) is 17.5 Å². The average Bonchev–Trinajstić information content (AvgIpc) is 3.61. The van der Waals surface area contributed by atoms with Gasteiger partial charge < -0.3 is 0 Å². The van der Waals surface area contributed by atoms with E-state index >= 15 is 0 Å². The van der Waals surface area contributed by atoms with Gasteiger partial charge in [0.1, 0.15) is 0 Å². The highest BCUT2D eigenvalue weighted by atomic mass is 32.1. The third-order valence-electron chi connectivity index (χ3n) is 9.51.